The van der Waals surface area contributed by atoms with Crippen molar-refractivity contribution in [2.45, 2.75) is 26.9 Å². The Hall–Kier alpha value is -3.41. The number of ether oxygens (including phenoxy) is 2. The van der Waals surface area contributed by atoms with Crippen LogP contribution in [0.3, 0.4) is 0 Å². The predicted octanol–water partition coefficient (Wildman–Crippen LogP) is -4.64. The third-order valence-corrected chi connectivity index (χ3v) is 4.66. The number of imidazole rings is 2. The van der Waals surface area contributed by atoms with E-state index in [-0.39, 0.29) is 67.5 Å². The number of aliphatic carboxylic acids is 1. The smallest absolute Gasteiger partial charge is 0.549 e. The first kappa shape index (κ1) is 30.6. The van der Waals surface area contributed by atoms with Gasteiger partial charge in [0, 0.05) is 20.4 Å². The molecule has 2 aromatic rings. The quantitative estimate of drug-likeness (QED) is 0.0993. The molecule has 0 bridgehead atoms. The van der Waals surface area contributed by atoms with Crippen molar-refractivity contribution in [1.82, 2.24) is 24.0 Å². The van der Waals surface area contributed by atoms with Gasteiger partial charge in [-0.3, -0.25) is 14.5 Å². The van der Waals surface area contributed by atoms with E-state index in [1.165, 1.54) is 23.0 Å². The molecule has 18 heteroatoms. The number of hydrogen-bond donors (Lipinski definition) is 0. The second-order valence-electron chi connectivity index (χ2n) is 7.10. The Bertz CT molecular complexity index is 1040. The van der Waals surface area contributed by atoms with Crippen LogP contribution >= 0.6 is 0 Å². The molecule has 2 rings (SSSR count). The molecule has 0 saturated heterocycles. The van der Waals surface area contributed by atoms with Crippen LogP contribution in [0, 0.1) is 34.1 Å². The van der Waals surface area contributed by atoms with E-state index in [2.05, 4.69) is 9.97 Å². The van der Waals surface area contributed by atoms with Crippen LogP contribution in [0.15, 0.2) is 12.4 Å². The molecule has 17 nitrogen and oxygen atoms in total. The van der Waals surface area contributed by atoms with Gasteiger partial charge in [-0.25, -0.2) is 19.1 Å². The summed E-state index contributed by atoms with van der Waals surface area (Å²) in [7, 11) is 0. The molecular weight excluding hydrogens is 497 g/mol. The predicted molar refractivity (Wildman–Crippen MR) is 111 cm³/mol. The second kappa shape index (κ2) is 14.2. The van der Waals surface area contributed by atoms with Gasteiger partial charge in [0.15, 0.2) is 11.6 Å². The van der Waals surface area contributed by atoms with Crippen LogP contribution in [-0.4, -0.2) is 84.6 Å². The number of rotatable bonds is 14. The van der Waals surface area contributed by atoms with Gasteiger partial charge in [0.05, 0.1) is 19.1 Å². The van der Waals surface area contributed by atoms with Crippen molar-refractivity contribution < 1.29 is 68.4 Å². The Labute approximate surface area is 225 Å². The minimum atomic E-state index is -1.56. The molecule has 0 spiro atoms. The van der Waals surface area contributed by atoms with Crippen molar-refractivity contribution >= 4 is 29.5 Å². The number of aromatic nitrogens is 4. The Morgan fingerprint density at radius 2 is 1.25 bits per heavy atom. The van der Waals surface area contributed by atoms with Crippen LogP contribution in [0.5, 0.6) is 0 Å². The average Bonchev–Trinajstić information content (AvgIpc) is 3.30. The third kappa shape index (κ3) is 8.99. The van der Waals surface area contributed by atoms with E-state index in [0.717, 1.165) is 17.3 Å². The fourth-order valence-corrected chi connectivity index (χ4v) is 3.06. The van der Waals surface area contributed by atoms with E-state index < -0.39 is 47.4 Å². The number of carbonyl (C=O) groups excluding carboxylic acids is 3. The van der Waals surface area contributed by atoms with Crippen molar-refractivity contribution in [3.05, 3.63) is 44.3 Å². The van der Waals surface area contributed by atoms with Crippen LogP contribution in [-0.2, 0) is 36.9 Å². The van der Waals surface area contributed by atoms with E-state index in [9.17, 15) is 39.7 Å². The van der Waals surface area contributed by atoms with Gasteiger partial charge in [0.1, 0.15) is 38.7 Å². The average molecular weight is 519 g/mol. The van der Waals surface area contributed by atoms with Crippen LogP contribution in [0.2, 0.25) is 0 Å². The SMILES string of the molecule is Cc1ncc([N+](=O)[O-])n1CCOC(=O)CN(CC(=O)[O-])CC(=O)OCCn1c([N+](=O)[O-])cnc1C.[Na+]. The maximum Gasteiger partial charge on any atom is 1.00 e. The largest absolute Gasteiger partial charge is 1.00 e. The van der Waals surface area contributed by atoms with E-state index in [0.29, 0.717) is 11.6 Å². The third-order valence-electron chi connectivity index (χ3n) is 4.66. The van der Waals surface area contributed by atoms with E-state index in [1.54, 1.807) is 0 Å². The molecule has 0 aromatic carbocycles. The molecule has 0 aliphatic heterocycles. The molecule has 0 aliphatic carbocycles. The first-order valence-corrected chi connectivity index (χ1v) is 10.1. The second-order valence-corrected chi connectivity index (χ2v) is 7.10. The summed E-state index contributed by atoms with van der Waals surface area (Å²) in [4.78, 5) is 64.4. The summed E-state index contributed by atoms with van der Waals surface area (Å²) < 4.78 is 12.4. The molecule has 0 N–H and O–H groups in total. The zero-order valence-electron chi connectivity index (χ0n) is 19.8. The number of nitrogens with zero attached hydrogens (tertiary/aromatic N) is 7. The first-order chi connectivity index (χ1) is 16.5. The van der Waals surface area contributed by atoms with Gasteiger partial charge in [-0.15, -0.1) is 0 Å². The summed E-state index contributed by atoms with van der Waals surface area (Å²) in [5.41, 5.74) is 0. The summed E-state index contributed by atoms with van der Waals surface area (Å²) in [6, 6.07) is 0. The fraction of sp³-hybridized carbons (Fsp3) is 0.500. The van der Waals surface area contributed by atoms with Crippen molar-refractivity contribution in [2.75, 3.05) is 32.8 Å². The van der Waals surface area contributed by atoms with Crippen molar-refractivity contribution in [2.24, 2.45) is 0 Å². The number of carboxylic acids is 1. The van der Waals surface area contributed by atoms with Crippen LogP contribution in [0.1, 0.15) is 11.6 Å². The monoisotopic (exact) mass is 519 g/mol. The number of carbonyl (C=O) groups is 3. The number of esters is 2. The van der Waals surface area contributed by atoms with Crippen LogP contribution in [0.25, 0.3) is 0 Å². The number of hydrogen-bond acceptors (Lipinski definition) is 13. The van der Waals surface area contributed by atoms with Gasteiger partial charge in [0.2, 0.25) is 0 Å². The molecule has 0 radical (unpaired) electrons. The summed E-state index contributed by atoms with van der Waals surface area (Å²) in [5.74, 6) is -3.21. The number of nitro groups is 2. The molecule has 2 aromatic heterocycles. The maximum atomic E-state index is 12.1. The normalized spacial score (nSPS) is 10.5. The molecule has 190 valence electrons. The van der Waals surface area contributed by atoms with Crippen molar-refractivity contribution in [1.29, 1.82) is 0 Å². The van der Waals surface area contributed by atoms with E-state index in [4.69, 9.17) is 9.47 Å². The molecule has 2 heterocycles. The summed E-state index contributed by atoms with van der Waals surface area (Å²) in [5, 5.41) is 32.9. The Balaban J connectivity index is 0.00000648. The fourth-order valence-electron chi connectivity index (χ4n) is 3.06. The number of aryl methyl sites for hydroxylation is 2. The van der Waals surface area contributed by atoms with Gasteiger partial charge >= 0.3 is 53.1 Å². The molecular formula is C18H22N7NaO10. The van der Waals surface area contributed by atoms with E-state index >= 15 is 0 Å². The standard InChI is InChI=1S/C18H23N7O10.Na/c1-12-19-7-14(24(30)31)22(12)3-5-34-17(28)10-21(9-16(26)27)11-18(29)35-6-4-23-13(2)20-8-15(23)25(32)33;/h7-8H,3-6,9-11H2,1-2H3,(H,26,27);/q;+1/p-1. The van der Waals surface area contributed by atoms with E-state index in [1.807, 2.05) is 0 Å². The summed E-state index contributed by atoms with van der Waals surface area (Å²) in [6.45, 7) is 0.463. The summed E-state index contributed by atoms with van der Waals surface area (Å²) in [6.07, 6.45) is 2.13. The van der Waals surface area contributed by atoms with Crippen molar-refractivity contribution in [3.63, 3.8) is 0 Å². The van der Waals surface area contributed by atoms with Gasteiger partial charge in [-0.1, -0.05) is 0 Å². The topological polar surface area (TPSA) is 218 Å². The number of carboxylic acid groups (broad SMARTS) is 1. The molecule has 36 heavy (non-hydrogen) atoms. The zero-order valence-corrected chi connectivity index (χ0v) is 21.8. The minimum absolute atomic E-state index is 0. The van der Waals surface area contributed by atoms with Gasteiger partial charge < -0.3 is 39.6 Å². The molecule has 0 atom stereocenters. The Kier molecular flexibility index (Phi) is 12.1. The summed E-state index contributed by atoms with van der Waals surface area (Å²) >= 11 is 0. The molecule has 0 amide bonds. The maximum absolute atomic E-state index is 12.1. The Morgan fingerprint density at radius 3 is 1.58 bits per heavy atom. The molecule has 0 unspecified atom stereocenters. The molecule has 0 aliphatic rings. The zero-order chi connectivity index (χ0) is 26.1. The molecule has 0 saturated carbocycles. The van der Waals surface area contributed by atoms with Gasteiger partial charge in [0.25, 0.3) is 0 Å². The Morgan fingerprint density at radius 1 is 0.861 bits per heavy atom. The van der Waals surface area contributed by atoms with Crippen LogP contribution in [0.4, 0.5) is 11.6 Å². The van der Waals surface area contributed by atoms with Gasteiger partial charge in [-0.05, 0) is 9.85 Å². The van der Waals surface area contributed by atoms with Crippen LogP contribution < -0.4 is 34.7 Å². The van der Waals surface area contributed by atoms with Gasteiger partial charge in [-0.2, -0.15) is 0 Å². The first-order valence-electron chi connectivity index (χ1n) is 10.1. The minimum Gasteiger partial charge on any atom is -0.549 e. The molecule has 0 fully saturated rings. The van der Waals surface area contributed by atoms with Crippen molar-refractivity contribution in [3.8, 4) is 0 Å².